The van der Waals surface area contributed by atoms with Crippen molar-refractivity contribution < 1.29 is 54.1 Å². The first-order chi connectivity index (χ1) is 20.0. The van der Waals surface area contributed by atoms with Gasteiger partial charge in [-0.1, -0.05) is 6.08 Å². The molecule has 1 aliphatic carbocycles. The molecule has 5 N–H and O–H groups in total. The number of rotatable bonds is 8. The number of hydrogen-bond donors (Lipinski definition) is 5. The monoisotopic (exact) mass is 581 g/mol. The molecule has 2 aromatic carbocycles. The number of allylic oxidation sites excluding steroid dienone is 1. The smallest absolute Gasteiger partial charge is 0.308 e. The Kier molecular flexibility index (Phi) is 8.26. The molecule has 0 amide bonds. The first-order valence-electron chi connectivity index (χ1n) is 13.5. The first kappa shape index (κ1) is 29.5. The number of ketones is 2. The van der Waals surface area contributed by atoms with E-state index in [1.165, 1.54) is 32.0 Å². The molecule has 0 saturated carbocycles. The second-order valence-electron chi connectivity index (χ2n) is 10.4. The zero-order valence-electron chi connectivity index (χ0n) is 22.9. The number of ether oxygens (including phenoxy) is 3. The summed E-state index contributed by atoms with van der Waals surface area (Å²) < 4.78 is 16.9. The Morgan fingerprint density at radius 2 is 1.79 bits per heavy atom. The second-order valence-corrected chi connectivity index (χ2v) is 10.4. The minimum absolute atomic E-state index is 0.00467. The zero-order chi connectivity index (χ0) is 30.3. The first-order valence-corrected chi connectivity index (χ1v) is 13.5. The van der Waals surface area contributed by atoms with Crippen molar-refractivity contribution in [3.63, 3.8) is 0 Å². The van der Waals surface area contributed by atoms with Crippen LogP contribution in [0.25, 0.3) is 0 Å². The summed E-state index contributed by atoms with van der Waals surface area (Å²) in [5.41, 5.74) is 0.552. The van der Waals surface area contributed by atoms with Crippen molar-refractivity contribution in [1.82, 2.24) is 0 Å². The maximum Gasteiger partial charge on any atom is 0.308 e. The van der Waals surface area contributed by atoms with Gasteiger partial charge in [0.25, 0.3) is 0 Å². The molecular formula is C30H31NO11. The van der Waals surface area contributed by atoms with Crippen molar-refractivity contribution in [2.45, 2.75) is 63.8 Å². The molecular weight excluding hydrogens is 550 g/mol. The summed E-state index contributed by atoms with van der Waals surface area (Å²) in [5.74, 6) is -2.44. The number of aliphatic hydroxyl groups is 4. The number of fused-ring (bicyclic) bond motifs is 2. The molecule has 5 atom stereocenters. The maximum absolute atomic E-state index is 14.1. The van der Waals surface area contributed by atoms with Gasteiger partial charge >= 0.3 is 5.97 Å². The maximum atomic E-state index is 14.1. The lowest BCUT2D eigenvalue weighted by molar-refractivity contribution is -0.268. The molecule has 0 bridgehead atoms. The summed E-state index contributed by atoms with van der Waals surface area (Å²) in [6, 6.07) is 4.01. The summed E-state index contributed by atoms with van der Waals surface area (Å²) in [4.78, 5) is 43.7. The molecule has 1 saturated heterocycles. The molecule has 0 aromatic heterocycles. The van der Waals surface area contributed by atoms with E-state index in [2.05, 4.69) is 4.99 Å². The minimum Gasteiger partial charge on any atom is -0.507 e. The molecule has 2 aromatic rings. The van der Waals surface area contributed by atoms with Crippen molar-refractivity contribution in [3.8, 4) is 17.2 Å². The molecule has 2 aliphatic heterocycles. The lowest BCUT2D eigenvalue weighted by Crippen LogP contribution is -2.58. The summed E-state index contributed by atoms with van der Waals surface area (Å²) >= 11 is 0. The number of hydrogen-bond acceptors (Lipinski definition) is 12. The van der Waals surface area contributed by atoms with E-state index in [-0.39, 0.29) is 70.7 Å². The van der Waals surface area contributed by atoms with Crippen LogP contribution in [0.1, 0.15) is 63.2 Å². The molecule has 3 aliphatic rings. The highest BCUT2D eigenvalue weighted by Gasteiger charge is 2.45. The topological polar surface area (TPSA) is 192 Å². The number of esters is 1. The van der Waals surface area contributed by atoms with Crippen LogP contribution < -0.4 is 9.47 Å². The van der Waals surface area contributed by atoms with Crippen LogP contribution in [-0.2, 0) is 22.4 Å². The number of carbonyl (C=O) groups is 3. The van der Waals surface area contributed by atoms with E-state index in [1.807, 2.05) is 6.08 Å². The van der Waals surface area contributed by atoms with Crippen LogP contribution in [0.4, 0.5) is 0 Å². The van der Waals surface area contributed by atoms with Crippen LogP contribution in [0.3, 0.4) is 0 Å². The third kappa shape index (κ3) is 5.23. The number of phenolic OH excluding ortho intramolecular Hbond substituents is 1. The fourth-order valence-electron chi connectivity index (χ4n) is 5.44. The van der Waals surface area contributed by atoms with Gasteiger partial charge in [0.15, 0.2) is 11.6 Å². The van der Waals surface area contributed by atoms with E-state index in [9.17, 15) is 39.9 Å². The minimum atomic E-state index is -1.70. The van der Waals surface area contributed by atoms with Gasteiger partial charge in [0.1, 0.15) is 35.6 Å². The van der Waals surface area contributed by atoms with E-state index in [0.717, 1.165) is 0 Å². The molecule has 0 spiro atoms. The van der Waals surface area contributed by atoms with Gasteiger partial charge in [-0.2, -0.15) is 0 Å². The van der Waals surface area contributed by atoms with Crippen molar-refractivity contribution in [2.75, 3.05) is 13.2 Å². The molecule has 12 nitrogen and oxygen atoms in total. The highest BCUT2D eigenvalue weighted by atomic mass is 16.7. The quantitative estimate of drug-likeness (QED) is 0.186. The third-order valence-corrected chi connectivity index (χ3v) is 7.54. The fraction of sp³-hybridized carbons (Fsp3) is 0.400. The van der Waals surface area contributed by atoms with Crippen molar-refractivity contribution in [3.05, 3.63) is 63.2 Å². The average Bonchev–Trinajstić information content (AvgIpc) is 3.47. The molecule has 1 fully saturated rings. The number of carbonyl (C=O) groups excluding carboxylic acids is 3. The van der Waals surface area contributed by atoms with Crippen LogP contribution in [0, 0.1) is 0 Å². The fourth-order valence-corrected chi connectivity index (χ4v) is 5.44. The van der Waals surface area contributed by atoms with Crippen LogP contribution >= 0.6 is 0 Å². The molecule has 2 heterocycles. The van der Waals surface area contributed by atoms with Gasteiger partial charge in [-0.15, -0.1) is 0 Å². The Bertz CT molecular complexity index is 1510. The summed E-state index contributed by atoms with van der Waals surface area (Å²) in [7, 11) is 0. The third-order valence-electron chi connectivity index (χ3n) is 7.54. The lowest BCUT2D eigenvalue weighted by Gasteiger charge is -2.39. The van der Waals surface area contributed by atoms with E-state index in [1.54, 1.807) is 6.21 Å². The summed E-state index contributed by atoms with van der Waals surface area (Å²) in [5, 5.41) is 52.4. The van der Waals surface area contributed by atoms with Crippen LogP contribution in [0.15, 0.2) is 34.8 Å². The van der Waals surface area contributed by atoms with Gasteiger partial charge in [0, 0.05) is 54.0 Å². The SMILES string of the molecule is CC(=O)Oc1ccc2c(c1)C(=O)c1c(CC3=CCN=C3)c(OC3OC(C)C(O)C(O)C3O)c(CCCO)c(O)c1C2=O. The molecule has 222 valence electrons. The number of aliphatic imine (C=N–C) groups is 1. The van der Waals surface area contributed by atoms with Gasteiger partial charge in [0.05, 0.1) is 18.2 Å². The van der Waals surface area contributed by atoms with E-state index < -0.39 is 54.0 Å². The van der Waals surface area contributed by atoms with Gasteiger partial charge in [0.2, 0.25) is 6.29 Å². The van der Waals surface area contributed by atoms with E-state index >= 15 is 0 Å². The predicted octanol–water partition coefficient (Wildman–Crippen LogP) is 0.777. The van der Waals surface area contributed by atoms with Gasteiger partial charge < -0.3 is 39.7 Å². The van der Waals surface area contributed by atoms with E-state index in [0.29, 0.717) is 12.1 Å². The van der Waals surface area contributed by atoms with Gasteiger partial charge in [-0.3, -0.25) is 19.4 Å². The van der Waals surface area contributed by atoms with Crippen LogP contribution in [-0.4, -0.2) is 93.1 Å². The average molecular weight is 582 g/mol. The molecule has 12 heteroatoms. The summed E-state index contributed by atoms with van der Waals surface area (Å²) in [6.45, 7) is 2.82. The Balaban J connectivity index is 1.73. The Morgan fingerprint density at radius 3 is 2.45 bits per heavy atom. The highest BCUT2D eigenvalue weighted by Crippen LogP contribution is 2.46. The van der Waals surface area contributed by atoms with E-state index in [4.69, 9.17) is 14.2 Å². The Labute approximate surface area is 240 Å². The second kappa shape index (κ2) is 11.7. The molecule has 5 unspecified atom stereocenters. The summed E-state index contributed by atoms with van der Waals surface area (Å²) in [6.07, 6.45) is -3.55. The number of phenols is 1. The molecule has 0 radical (unpaired) electrons. The van der Waals surface area contributed by atoms with Gasteiger partial charge in [-0.25, -0.2) is 0 Å². The predicted molar refractivity (Wildman–Crippen MR) is 146 cm³/mol. The van der Waals surface area contributed by atoms with Crippen LogP contribution in [0.2, 0.25) is 0 Å². The number of benzene rings is 2. The number of nitrogens with zero attached hydrogens (tertiary/aromatic N) is 1. The van der Waals surface area contributed by atoms with Crippen molar-refractivity contribution >= 4 is 23.8 Å². The van der Waals surface area contributed by atoms with Crippen molar-refractivity contribution in [1.29, 1.82) is 0 Å². The normalized spacial score (nSPS) is 24.7. The number of aliphatic hydroxyl groups excluding tert-OH is 4. The van der Waals surface area contributed by atoms with Gasteiger partial charge in [-0.05, 0) is 43.5 Å². The Morgan fingerprint density at radius 1 is 1.05 bits per heavy atom. The highest BCUT2D eigenvalue weighted by molar-refractivity contribution is 6.30. The Hall–Kier alpha value is -3.94. The number of aromatic hydroxyl groups is 1. The molecule has 42 heavy (non-hydrogen) atoms. The largest absolute Gasteiger partial charge is 0.507 e. The van der Waals surface area contributed by atoms with Crippen LogP contribution in [0.5, 0.6) is 17.2 Å². The molecule has 5 rings (SSSR count). The van der Waals surface area contributed by atoms with Crippen molar-refractivity contribution in [2.24, 2.45) is 4.99 Å². The lowest BCUT2D eigenvalue weighted by atomic mass is 9.78. The zero-order valence-corrected chi connectivity index (χ0v) is 22.9. The standard InChI is InChI=1S/C30H31NO11/c1-13-23(34)27(38)28(39)30(40-13)42-29-18(4-3-9-32)25(36)22-21(20(29)10-15-7-8-31-12-15)26(37)19-11-16(41-14(2)33)5-6-17(19)24(22)35/h5-7,11-13,23,27-28,30,32,34,36,38-39H,3-4,8-10H2,1-2H3.